The molecule has 0 saturated carbocycles. The third kappa shape index (κ3) is 3.57. The predicted molar refractivity (Wildman–Crippen MR) is 88.6 cm³/mol. The number of ether oxygens (including phenoxy) is 1. The van der Waals surface area contributed by atoms with Gasteiger partial charge in [-0.3, -0.25) is 24.1 Å². The van der Waals surface area contributed by atoms with E-state index in [1.165, 1.54) is 12.4 Å². The van der Waals surface area contributed by atoms with E-state index < -0.39 is 41.7 Å². The summed E-state index contributed by atoms with van der Waals surface area (Å²) in [7, 11) is 0. The van der Waals surface area contributed by atoms with Gasteiger partial charge >= 0.3 is 5.69 Å². The Morgan fingerprint density at radius 2 is 2.08 bits per heavy atom. The van der Waals surface area contributed by atoms with E-state index in [4.69, 9.17) is 4.74 Å². The van der Waals surface area contributed by atoms with Crippen LogP contribution in [0.25, 0.3) is 0 Å². The summed E-state index contributed by atoms with van der Waals surface area (Å²) in [6.07, 6.45) is -2.25. The number of carbonyl (C=O) groups excluding carboxylic acids is 1. The zero-order chi connectivity index (χ0) is 18.8. The molecule has 3 rings (SSSR count). The molecule has 4 N–H and O–H groups in total. The summed E-state index contributed by atoms with van der Waals surface area (Å²) < 4.78 is 6.48. The Hall–Kier alpha value is -2.82. The first kappa shape index (κ1) is 18.0. The fraction of sp³-hybridized carbons (Fsp3) is 0.375. The maximum atomic E-state index is 12.1. The Kier molecular flexibility index (Phi) is 4.98. The van der Waals surface area contributed by atoms with Gasteiger partial charge in [-0.05, 0) is 19.1 Å². The number of nitrogens with zero attached hydrogens (tertiary/aromatic N) is 2. The molecule has 0 bridgehead atoms. The lowest BCUT2D eigenvalue weighted by molar-refractivity contribution is -0.0387. The molecule has 0 radical (unpaired) electrons. The largest absolute Gasteiger partial charge is 0.387 e. The van der Waals surface area contributed by atoms with E-state index in [9.17, 15) is 24.6 Å². The predicted octanol–water partition coefficient (Wildman–Crippen LogP) is -1.71. The number of nitrogens with one attached hydrogen (secondary N) is 2. The molecular weight excluding hydrogens is 344 g/mol. The van der Waals surface area contributed by atoms with Crippen molar-refractivity contribution >= 4 is 5.91 Å². The first-order valence-electron chi connectivity index (χ1n) is 7.91. The molecule has 1 aliphatic rings. The van der Waals surface area contributed by atoms with Gasteiger partial charge in [0.2, 0.25) is 0 Å². The summed E-state index contributed by atoms with van der Waals surface area (Å²) in [5.74, 6) is -0.410. The summed E-state index contributed by atoms with van der Waals surface area (Å²) in [5.41, 5.74) is -0.246. The number of hydrogen-bond donors (Lipinski definition) is 4. The number of hydrogen-bond acceptors (Lipinski definition) is 7. The highest BCUT2D eigenvalue weighted by Gasteiger charge is 2.44. The molecule has 1 aliphatic heterocycles. The van der Waals surface area contributed by atoms with Crippen LogP contribution in [-0.4, -0.2) is 55.5 Å². The van der Waals surface area contributed by atoms with Gasteiger partial charge in [-0.15, -0.1) is 0 Å². The minimum absolute atomic E-state index is 0.0838. The second kappa shape index (κ2) is 7.20. The van der Waals surface area contributed by atoms with E-state index in [1.807, 2.05) is 4.98 Å². The molecule has 10 nitrogen and oxygen atoms in total. The van der Waals surface area contributed by atoms with Gasteiger partial charge in [0.15, 0.2) is 6.23 Å². The van der Waals surface area contributed by atoms with E-state index in [0.717, 1.165) is 16.3 Å². The Morgan fingerprint density at radius 1 is 1.31 bits per heavy atom. The van der Waals surface area contributed by atoms with Crippen LogP contribution in [0.1, 0.15) is 22.3 Å². The molecule has 4 atom stereocenters. The molecule has 10 heteroatoms. The number of carbonyl (C=O) groups is 1. The molecule has 0 spiro atoms. The lowest BCUT2D eigenvalue weighted by Crippen LogP contribution is -2.40. The highest BCUT2D eigenvalue weighted by atomic mass is 16.6. The highest BCUT2D eigenvalue weighted by Crippen LogP contribution is 2.27. The molecule has 2 aromatic heterocycles. The van der Waals surface area contributed by atoms with Gasteiger partial charge in [0.05, 0.1) is 5.56 Å². The topological polar surface area (TPSA) is 147 Å². The molecular formula is C16H18N4O6. The van der Waals surface area contributed by atoms with Crippen molar-refractivity contribution in [3.8, 4) is 0 Å². The summed E-state index contributed by atoms with van der Waals surface area (Å²) >= 11 is 0. The van der Waals surface area contributed by atoms with Crippen LogP contribution in [0.15, 0.2) is 40.2 Å². The standard InChI is InChI=1S/C16H18N4O6/c1-8-2-3-9(6-17-8)14(24)18-7-10-12(22)13(23)15(26-10)20-5-4-11(21)19-16(20)25/h2-6,10,12-13,15,22-23H,7H2,1H3,(H,18,24)(H,19,21,25)/t10-,12-,13-,15-/m1/s1. The molecule has 2 aromatic rings. The van der Waals surface area contributed by atoms with Gasteiger partial charge in [0.1, 0.15) is 18.3 Å². The van der Waals surface area contributed by atoms with Gasteiger partial charge in [0.25, 0.3) is 11.5 Å². The van der Waals surface area contributed by atoms with Gasteiger partial charge in [-0.1, -0.05) is 0 Å². The van der Waals surface area contributed by atoms with Crippen molar-refractivity contribution in [1.82, 2.24) is 19.9 Å². The Balaban J connectivity index is 1.68. The summed E-state index contributed by atoms with van der Waals surface area (Å²) in [6, 6.07) is 4.41. The number of aliphatic hydroxyl groups excluding tert-OH is 2. The van der Waals surface area contributed by atoms with E-state index in [0.29, 0.717) is 5.56 Å². The molecule has 1 saturated heterocycles. The van der Waals surface area contributed by atoms with Crippen molar-refractivity contribution in [2.45, 2.75) is 31.5 Å². The van der Waals surface area contributed by atoms with E-state index in [2.05, 4.69) is 10.3 Å². The zero-order valence-electron chi connectivity index (χ0n) is 13.8. The number of H-pyrrole nitrogens is 1. The molecule has 0 unspecified atom stereocenters. The molecule has 1 amide bonds. The van der Waals surface area contributed by atoms with Crippen molar-refractivity contribution in [1.29, 1.82) is 0 Å². The normalized spacial score (nSPS) is 25.2. The van der Waals surface area contributed by atoms with Crippen LogP contribution in [0.5, 0.6) is 0 Å². The number of aryl methyl sites for hydroxylation is 1. The first-order valence-corrected chi connectivity index (χ1v) is 7.91. The summed E-state index contributed by atoms with van der Waals surface area (Å²) in [5, 5.41) is 22.9. The number of aromatic amines is 1. The fourth-order valence-electron chi connectivity index (χ4n) is 2.65. The van der Waals surface area contributed by atoms with Gasteiger partial charge in [0, 0.05) is 30.7 Å². The number of pyridine rings is 1. The van der Waals surface area contributed by atoms with Crippen LogP contribution in [-0.2, 0) is 4.74 Å². The first-order chi connectivity index (χ1) is 12.4. The van der Waals surface area contributed by atoms with Crippen molar-refractivity contribution in [2.24, 2.45) is 0 Å². The number of rotatable bonds is 4. The van der Waals surface area contributed by atoms with E-state index in [-0.39, 0.29) is 6.54 Å². The fourth-order valence-corrected chi connectivity index (χ4v) is 2.65. The summed E-state index contributed by atoms with van der Waals surface area (Å²) in [6.45, 7) is 1.71. The molecule has 138 valence electrons. The third-order valence-corrected chi connectivity index (χ3v) is 4.10. The smallest absolute Gasteiger partial charge is 0.330 e. The molecule has 0 aliphatic carbocycles. The highest BCUT2D eigenvalue weighted by molar-refractivity contribution is 5.93. The number of aliphatic hydroxyl groups is 2. The number of amides is 1. The van der Waals surface area contributed by atoms with Gasteiger partial charge in [-0.25, -0.2) is 4.79 Å². The maximum absolute atomic E-state index is 12.1. The second-order valence-corrected chi connectivity index (χ2v) is 5.96. The van der Waals surface area contributed by atoms with Crippen molar-refractivity contribution < 1.29 is 19.7 Å². The van der Waals surface area contributed by atoms with Crippen molar-refractivity contribution in [3.63, 3.8) is 0 Å². The second-order valence-electron chi connectivity index (χ2n) is 5.96. The lowest BCUT2D eigenvalue weighted by atomic mass is 10.1. The third-order valence-electron chi connectivity index (χ3n) is 4.10. The summed E-state index contributed by atoms with van der Waals surface area (Å²) in [4.78, 5) is 41.1. The Bertz CT molecular complexity index is 906. The molecule has 0 aromatic carbocycles. The van der Waals surface area contributed by atoms with Gasteiger partial charge in [-0.2, -0.15) is 0 Å². The Labute approximate surface area is 147 Å². The van der Waals surface area contributed by atoms with E-state index >= 15 is 0 Å². The zero-order valence-corrected chi connectivity index (χ0v) is 13.8. The molecule has 26 heavy (non-hydrogen) atoms. The average Bonchev–Trinajstić information content (AvgIpc) is 2.88. The molecule has 3 heterocycles. The minimum atomic E-state index is -1.40. The average molecular weight is 362 g/mol. The van der Waals surface area contributed by atoms with Crippen molar-refractivity contribution in [2.75, 3.05) is 6.54 Å². The van der Waals surface area contributed by atoms with Crippen LogP contribution in [0, 0.1) is 6.92 Å². The molecule has 1 fully saturated rings. The van der Waals surface area contributed by atoms with Crippen molar-refractivity contribution in [3.05, 3.63) is 62.7 Å². The van der Waals surface area contributed by atoms with E-state index in [1.54, 1.807) is 19.1 Å². The van der Waals surface area contributed by atoms with Crippen LogP contribution in [0.3, 0.4) is 0 Å². The SMILES string of the molecule is Cc1ccc(C(=O)NC[C@H]2O[C@@H](n3ccc(=O)[nH]c3=O)[C@H](O)[C@@H]2O)cn1. The lowest BCUT2D eigenvalue weighted by Gasteiger charge is -2.16. The van der Waals surface area contributed by atoms with Crippen LogP contribution < -0.4 is 16.6 Å². The minimum Gasteiger partial charge on any atom is -0.387 e. The quantitative estimate of drug-likeness (QED) is 0.506. The van der Waals surface area contributed by atoms with Gasteiger partial charge < -0.3 is 20.3 Å². The van der Waals surface area contributed by atoms with Crippen LogP contribution in [0.4, 0.5) is 0 Å². The van der Waals surface area contributed by atoms with Crippen LogP contribution in [0.2, 0.25) is 0 Å². The maximum Gasteiger partial charge on any atom is 0.330 e. The monoisotopic (exact) mass is 362 g/mol. The Morgan fingerprint density at radius 3 is 2.73 bits per heavy atom. The number of aromatic nitrogens is 3. The van der Waals surface area contributed by atoms with Crippen LogP contribution >= 0.6 is 0 Å².